The summed E-state index contributed by atoms with van der Waals surface area (Å²) in [5.74, 6) is -0.239. The molecule has 0 aliphatic carbocycles. The Hall–Kier alpha value is -1.77. The van der Waals surface area contributed by atoms with Crippen molar-refractivity contribution in [2.75, 3.05) is 19.8 Å². The van der Waals surface area contributed by atoms with Crippen LogP contribution >= 0.6 is 11.3 Å². The lowest BCUT2D eigenvalue weighted by Crippen LogP contribution is -2.51. The largest absolute Gasteiger partial charge is 0.381 e. The standard InChI is InChI=1S/C16H19N3O4S/c20-13-9-12(19-4-8-24-15(19)18-13)14(21)17-11-1-5-23-16(10-11)2-6-22-7-3-16/h4,8-9,11H,1-3,5-7,10H2,(H,17,21)/t11-/m0/s1. The number of fused-ring (bicyclic) bond motifs is 1. The zero-order chi connectivity index (χ0) is 16.6. The van der Waals surface area contributed by atoms with Crippen molar-refractivity contribution < 1.29 is 14.3 Å². The monoisotopic (exact) mass is 349 g/mol. The molecule has 128 valence electrons. The van der Waals surface area contributed by atoms with Gasteiger partial charge in [-0.2, -0.15) is 4.98 Å². The quantitative estimate of drug-likeness (QED) is 0.881. The lowest BCUT2D eigenvalue weighted by atomic mass is 9.84. The Bertz CT molecular complexity index is 803. The summed E-state index contributed by atoms with van der Waals surface area (Å²) in [5.41, 5.74) is -0.240. The lowest BCUT2D eigenvalue weighted by Gasteiger charge is -2.43. The fraction of sp³-hybridized carbons (Fsp3) is 0.562. The second-order valence-corrected chi connectivity index (χ2v) is 7.22. The fourth-order valence-electron chi connectivity index (χ4n) is 3.53. The smallest absolute Gasteiger partial charge is 0.274 e. The van der Waals surface area contributed by atoms with E-state index in [1.54, 1.807) is 10.6 Å². The van der Waals surface area contributed by atoms with Crippen LogP contribution < -0.4 is 10.9 Å². The minimum Gasteiger partial charge on any atom is -0.381 e. The number of carbonyl (C=O) groups is 1. The van der Waals surface area contributed by atoms with Gasteiger partial charge in [0.2, 0.25) is 0 Å². The summed E-state index contributed by atoms with van der Waals surface area (Å²) < 4.78 is 13.1. The number of amides is 1. The molecule has 4 rings (SSSR count). The predicted molar refractivity (Wildman–Crippen MR) is 88.6 cm³/mol. The van der Waals surface area contributed by atoms with Gasteiger partial charge in [0.05, 0.1) is 5.60 Å². The van der Waals surface area contributed by atoms with E-state index in [0.29, 0.717) is 30.5 Å². The Morgan fingerprint density at radius 1 is 1.38 bits per heavy atom. The number of nitrogens with zero attached hydrogens (tertiary/aromatic N) is 2. The van der Waals surface area contributed by atoms with Gasteiger partial charge < -0.3 is 14.8 Å². The molecule has 1 amide bonds. The van der Waals surface area contributed by atoms with Crippen molar-refractivity contribution in [2.24, 2.45) is 0 Å². The molecule has 0 aromatic carbocycles. The highest BCUT2D eigenvalue weighted by Crippen LogP contribution is 2.34. The van der Waals surface area contributed by atoms with E-state index in [-0.39, 0.29) is 17.6 Å². The summed E-state index contributed by atoms with van der Waals surface area (Å²) >= 11 is 1.33. The fourth-order valence-corrected chi connectivity index (χ4v) is 4.25. The van der Waals surface area contributed by atoms with Gasteiger partial charge in [0.25, 0.3) is 11.5 Å². The highest BCUT2D eigenvalue weighted by molar-refractivity contribution is 7.15. The van der Waals surface area contributed by atoms with Crippen LogP contribution in [0.15, 0.2) is 22.4 Å². The maximum atomic E-state index is 12.7. The molecule has 2 aromatic rings. The van der Waals surface area contributed by atoms with Crippen LogP contribution in [0, 0.1) is 0 Å². The summed E-state index contributed by atoms with van der Waals surface area (Å²) in [5, 5.41) is 4.88. The summed E-state index contributed by atoms with van der Waals surface area (Å²) in [4.78, 5) is 28.8. The van der Waals surface area contributed by atoms with E-state index in [1.807, 2.05) is 5.38 Å². The van der Waals surface area contributed by atoms with E-state index in [0.717, 1.165) is 25.7 Å². The van der Waals surface area contributed by atoms with Crippen LogP contribution in [0.1, 0.15) is 36.2 Å². The first-order valence-corrected chi connectivity index (χ1v) is 9.03. The van der Waals surface area contributed by atoms with Crippen molar-refractivity contribution in [3.63, 3.8) is 0 Å². The molecule has 1 atom stereocenters. The molecule has 0 radical (unpaired) electrons. The minimum atomic E-state index is -0.393. The van der Waals surface area contributed by atoms with Crippen LogP contribution in [0.25, 0.3) is 4.96 Å². The van der Waals surface area contributed by atoms with E-state index < -0.39 is 5.56 Å². The summed E-state index contributed by atoms with van der Waals surface area (Å²) in [6.45, 7) is 2.04. The molecular formula is C16H19N3O4S. The highest BCUT2D eigenvalue weighted by atomic mass is 32.1. The molecule has 1 N–H and O–H groups in total. The van der Waals surface area contributed by atoms with Gasteiger partial charge in [-0.1, -0.05) is 0 Å². The van der Waals surface area contributed by atoms with Crippen molar-refractivity contribution in [1.82, 2.24) is 14.7 Å². The predicted octanol–water partition coefficient (Wildman–Crippen LogP) is 1.21. The van der Waals surface area contributed by atoms with Crippen LogP contribution in [0.2, 0.25) is 0 Å². The van der Waals surface area contributed by atoms with Crippen molar-refractivity contribution in [3.05, 3.63) is 33.7 Å². The van der Waals surface area contributed by atoms with Gasteiger partial charge in [-0.25, -0.2) is 0 Å². The maximum absolute atomic E-state index is 12.7. The van der Waals surface area contributed by atoms with E-state index in [9.17, 15) is 9.59 Å². The first-order valence-electron chi connectivity index (χ1n) is 8.15. The lowest BCUT2D eigenvalue weighted by molar-refractivity contribution is -0.139. The van der Waals surface area contributed by atoms with Crippen LogP contribution in [-0.4, -0.2) is 46.8 Å². The van der Waals surface area contributed by atoms with E-state index in [2.05, 4.69) is 10.3 Å². The Balaban J connectivity index is 1.53. The maximum Gasteiger partial charge on any atom is 0.274 e. The van der Waals surface area contributed by atoms with Gasteiger partial charge in [-0.15, -0.1) is 11.3 Å². The van der Waals surface area contributed by atoms with E-state index in [4.69, 9.17) is 9.47 Å². The Morgan fingerprint density at radius 3 is 3.04 bits per heavy atom. The molecule has 2 fully saturated rings. The van der Waals surface area contributed by atoms with Crippen LogP contribution in [0.5, 0.6) is 0 Å². The van der Waals surface area contributed by atoms with E-state index in [1.165, 1.54) is 17.4 Å². The SMILES string of the molecule is O=C(N[C@H]1CCOC2(CCOCC2)C1)c1cc(=O)nc2sccn12. The molecule has 7 nitrogen and oxygen atoms in total. The molecule has 0 saturated carbocycles. The third-order valence-corrected chi connectivity index (χ3v) is 5.54. The van der Waals surface area contributed by atoms with Crippen molar-refractivity contribution in [3.8, 4) is 0 Å². The number of aromatic nitrogens is 2. The van der Waals surface area contributed by atoms with Crippen LogP contribution in [0.4, 0.5) is 0 Å². The zero-order valence-electron chi connectivity index (χ0n) is 13.2. The molecule has 1 spiro atoms. The number of ether oxygens (including phenoxy) is 2. The Labute approximate surface area is 142 Å². The Morgan fingerprint density at radius 2 is 2.21 bits per heavy atom. The van der Waals surface area contributed by atoms with Crippen molar-refractivity contribution in [1.29, 1.82) is 0 Å². The number of nitrogens with one attached hydrogen (secondary N) is 1. The van der Waals surface area contributed by atoms with Crippen LogP contribution in [-0.2, 0) is 9.47 Å². The molecule has 2 aliphatic heterocycles. The molecule has 0 unspecified atom stereocenters. The summed E-state index contributed by atoms with van der Waals surface area (Å²) in [6.07, 6.45) is 5.05. The molecule has 2 saturated heterocycles. The first-order chi connectivity index (χ1) is 11.7. The van der Waals surface area contributed by atoms with Gasteiger partial charge >= 0.3 is 0 Å². The molecule has 2 aromatic heterocycles. The average molecular weight is 349 g/mol. The topological polar surface area (TPSA) is 81.9 Å². The van der Waals surface area contributed by atoms with Crippen LogP contribution in [0.3, 0.4) is 0 Å². The van der Waals surface area contributed by atoms with Gasteiger partial charge in [-0.05, 0) is 25.7 Å². The number of hydrogen-bond donors (Lipinski definition) is 1. The molecule has 0 bridgehead atoms. The molecule has 8 heteroatoms. The third-order valence-electron chi connectivity index (χ3n) is 4.78. The molecule has 2 aliphatic rings. The van der Waals surface area contributed by atoms with Gasteiger partial charge in [0, 0.05) is 43.5 Å². The number of rotatable bonds is 2. The second kappa shape index (κ2) is 6.27. The number of hydrogen-bond acceptors (Lipinski definition) is 6. The summed E-state index contributed by atoms with van der Waals surface area (Å²) in [6, 6.07) is 1.33. The second-order valence-electron chi connectivity index (χ2n) is 6.34. The molecule has 24 heavy (non-hydrogen) atoms. The molecular weight excluding hydrogens is 330 g/mol. The summed E-state index contributed by atoms with van der Waals surface area (Å²) in [7, 11) is 0. The molecule has 4 heterocycles. The zero-order valence-corrected chi connectivity index (χ0v) is 14.0. The van der Waals surface area contributed by atoms with Gasteiger partial charge in [-0.3, -0.25) is 14.0 Å². The Kier molecular flexibility index (Phi) is 4.11. The number of carbonyl (C=O) groups excluding carboxylic acids is 1. The van der Waals surface area contributed by atoms with Crippen molar-refractivity contribution in [2.45, 2.75) is 37.3 Å². The third kappa shape index (κ3) is 2.97. The van der Waals surface area contributed by atoms with Gasteiger partial charge in [0.15, 0.2) is 4.96 Å². The van der Waals surface area contributed by atoms with E-state index >= 15 is 0 Å². The number of thiazole rings is 1. The minimum absolute atomic E-state index is 0.0434. The normalized spacial score (nSPS) is 23.4. The van der Waals surface area contributed by atoms with Gasteiger partial charge in [0.1, 0.15) is 5.69 Å². The first kappa shape index (κ1) is 15.7. The average Bonchev–Trinajstić information content (AvgIpc) is 3.03. The van der Waals surface area contributed by atoms with Crippen molar-refractivity contribution >= 4 is 22.2 Å². The highest BCUT2D eigenvalue weighted by Gasteiger charge is 2.39.